The van der Waals surface area contributed by atoms with Crippen molar-refractivity contribution >= 4 is 6.41 Å². The van der Waals surface area contributed by atoms with Gasteiger partial charge in [0.2, 0.25) is 0 Å². The van der Waals surface area contributed by atoms with Crippen LogP contribution < -0.4 is 10.1 Å². The van der Waals surface area contributed by atoms with Crippen LogP contribution in [0.5, 0.6) is 5.75 Å². The van der Waals surface area contributed by atoms with Gasteiger partial charge in [-0.25, -0.2) is 0 Å². The van der Waals surface area contributed by atoms with Crippen molar-refractivity contribution in [1.29, 1.82) is 0 Å². The van der Waals surface area contributed by atoms with E-state index in [1.54, 1.807) is 6.41 Å². The molecule has 3 heteroatoms. The molecule has 15 heavy (non-hydrogen) atoms. The van der Waals surface area contributed by atoms with E-state index in [0.29, 0.717) is 6.61 Å². The molecule has 0 saturated heterocycles. The molecule has 81 valence electrons. The Morgan fingerprint density at radius 3 is 2.53 bits per heavy atom. The predicted octanol–water partition coefficient (Wildman–Crippen LogP) is 1.73. The van der Waals surface area contributed by atoms with Crippen molar-refractivity contribution in [3.8, 4) is 5.75 Å². The third-order valence-electron chi connectivity index (χ3n) is 2.19. The van der Waals surface area contributed by atoms with E-state index in [-0.39, 0.29) is 6.04 Å². The zero-order chi connectivity index (χ0) is 11.3. The van der Waals surface area contributed by atoms with Gasteiger partial charge in [-0.1, -0.05) is 18.2 Å². The first-order valence-corrected chi connectivity index (χ1v) is 4.97. The molecule has 1 N–H and O–H groups in total. The largest absolute Gasteiger partial charge is 0.491 e. The minimum Gasteiger partial charge on any atom is -0.491 e. The van der Waals surface area contributed by atoms with Crippen LogP contribution in [0.4, 0.5) is 0 Å². The number of hydrogen-bond acceptors (Lipinski definition) is 2. The fourth-order valence-corrected chi connectivity index (χ4v) is 1.38. The first-order valence-electron chi connectivity index (χ1n) is 4.97. The second kappa shape index (κ2) is 5.39. The van der Waals surface area contributed by atoms with Crippen molar-refractivity contribution in [3.63, 3.8) is 0 Å². The van der Waals surface area contributed by atoms with E-state index in [1.807, 2.05) is 39.0 Å². The highest BCUT2D eigenvalue weighted by Gasteiger charge is 2.05. The number of carbonyl (C=O) groups excluding carboxylic acids is 1. The van der Waals surface area contributed by atoms with Crippen LogP contribution in [0.2, 0.25) is 0 Å². The van der Waals surface area contributed by atoms with Gasteiger partial charge in [-0.15, -0.1) is 0 Å². The molecule has 1 aromatic rings. The smallest absolute Gasteiger partial charge is 0.309 e. The number of aryl methyl sites for hydroxylation is 2. The molecule has 1 amide bonds. The summed E-state index contributed by atoms with van der Waals surface area (Å²) in [5.74, 6) is 0.900. The van der Waals surface area contributed by atoms with Gasteiger partial charge in [0.05, 0.1) is 6.04 Å². The van der Waals surface area contributed by atoms with E-state index in [2.05, 4.69) is 5.32 Å². The minimum atomic E-state index is -0.0264. The van der Waals surface area contributed by atoms with Crippen LogP contribution in [0.3, 0.4) is 0 Å². The molecule has 0 aliphatic carbocycles. The fourth-order valence-electron chi connectivity index (χ4n) is 1.38. The maximum absolute atomic E-state index is 10.1. The van der Waals surface area contributed by atoms with Gasteiger partial charge in [-0.3, -0.25) is 4.79 Å². The van der Waals surface area contributed by atoms with Gasteiger partial charge in [0.15, 0.2) is 0 Å². The molecule has 1 atom stereocenters. The van der Waals surface area contributed by atoms with Crippen molar-refractivity contribution < 1.29 is 9.53 Å². The van der Waals surface area contributed by atoms with E-state index in [4.69, 9.17) is 4.74 Å². The number of ether oxygens (including phenoxy) is 1. The van der Waals surface area contributed by atoms with Gasteiger partial charge in [0.25, 0.3) is 0 Å². The molecular formula is C12H16NO2. The van der Waals surface area contributed by atoms with Gasteiger partial charge < -0.3 is 10.1 Å². The first-order chi connectivity index (χ1) is 7.15. The Labute approximate surface area is 90.4 Å². The lowest BCUT2D eigenvalue weighted by molar-refractivity contribution is 0.281. The maximum atomic E-state index is 10.1. The Bertz CT molecular complexity index is 316. The van der Waals surface area contributed by atoms with Gasteiger partial charge in [0, 0.05) is 0 Å². The van der Waals surface area contributed by atoms with Crippen LogP contribution in [0.15, 0.2) is 18.2 Å². The third-order valence-corrected chi connectivity index (χ3v) is 2.19. The predicted molar refractivity (Wildman–Crippen MR) is 59.7 cm³/mol. The molecule has 1 unspecified atom stereocenters. The van der Waals surface area contributed by atoms with E-state index >= 15 is 0 Å². The summed E-state index contributed by atoms with van der Waals surface area (Å²) < 4.78 is 5.64. The van der Waals surface area contributed by atoms with Gasteiger partial charge in [0.1, 0.15) is 12.4 Å². The molecule has 0 heterocycles. The maximum Gasteiger partial charge on any atom is 0.309 e. The van der Waals surface area contributed by atoms with E-state index in [0.717, 1.165) is 16.9 Å². The second-order valence-electron chi connectivity index (χ2n) is 3.68. The Balaban J connectivity index is 2.60. The number of amides is 1. The summed E-state index contributed by atoms with van der Waals surface area (Å²) in [4.78, 5) is 10.1. The van der Waals surface area contributed by atoms with Gasteiger partial charge in [-0.2, -0.15) is 0 Å². The zero-order valence-corrected chi connectivity index (χ0v) is 9.33. The molecule has 0 spiro atoms. The Morgan fingerprint density at radius 1 is 1.40 bits per heavy atom. The highest BCUT2D eigenvalue weighted by atomic mass is 16.5. The van der Waals surface area contributed by atoms with Crippen LogP contribution in [-0.4, -0.2) is 19.1 Å². The molecule has 0 aromatic heterocycles. The highest BCUT2D eigenvalue weighted by Crippen LogP contribution is 2.22. The molecule has 0 saturated carbocycles. The number of hydrogen-bond donors (Lipinski definition) is 1. The topological polar surface area (TPSA) is 38.3 Å². The van der Waals surface area contributed by atoms with Gasteiger partial charge >= 0.3 is 6.41 Å². The lowest BCUT2D eigenvalue weighted by Crippen LogP contribution is -2.30. The molecule has 0 aliphatic rings. The number of rotatable bonds is 5. The molecule has 3 nitrogen and oxygen atoms in total. The highest BCUT2D eigenvalue weighted by molar-refractivity contribution is 5.47. The second-order valence-corrected chi connectivity index (χ2v) is 3.68. The lowest BCUT2D eigenvalue weighted by Gasteiger charge is -2.15. The molecule has 0 fully saturated rings. The standard InChI is InChI=1S/C12H16NO2/c1-9-5-4-6-10(2)12(9)15-7-11(3)13-8-14/h4-6,11H,7H2,1-3H3,(H,13,14). The van der Waals surface area contributed by atoms with Crippen LogP contribution in [0, 0.1) is 13.8 Å². The quantitative estimate of drug-likeness (QED) is 0.745. The van der Waals surface area contributed by atoms with Crippen molar-refractivity contribution in [2.75, 3.05) is 6.61 Å². The first kappa shape index (κ1) is 11.6. The van der Waals surface area contributed by atoms with Crippen LogP contribution >= 0.6 is 0 Å². The summed E-state index contributed by atoms with van der Waals surface area (Å²) in [7, 11) is 0. The molecule has 1 rings (SSSR count). The monoisotopic (exact) mass is 206 g/mol. The summed E-state index contributed by atoms with van der Waals surface area (Å²) >= 11 is 0. The average Bonchev–Trinajstić information content (AvgIpc) is 2.17. The normalized spacial score (nSPS) is 11.9. The Hall–Kier alpha value is -1.51. The number of nitrogens with one attached hydrogen (secondary N) is 1. The molecule has 0 bridgehead atoms. The third kappa shape index (κ3) is 3.27. The fraction of sp³-hybridized carbons (Fsp3) is 0.417. The van der Waals surface area contributed by atoms with Gasteiger partial charge in [-0.05, 0) is 31.9 Å². The van der Waals surface area contributed by atoms with E-state index in [9.17, 15) is 4.79 Å². The van der Waals surface area contributed by atoms with E-state index in [1.165, 1.54) is 0 Å². The number of benzene rings is 1. The summed E-state index contributed by atoms with van der Waals surface area (Å²) in [6.45, 7) is 6.35. The Morgan fingerprint density at radius 2 is 2.00 bits per heavy atom. The summed E-state index contributed by atoms with van der Waals surface area (Å²) in [6, 6.07) is 5.98. The molecule has 0 aliphatic heterocycles. The van der Waals surface area contributed by atoms with Crippen LogP contribution in [-0.2, 0) is 4.79 Å². The summed E-state index contributed by atoms with van der Waals surface area (Å²) in [6.07, 6.45) is 1.65. The van der Waals surface area contributed by atoms with Crippen molar-refractivity contribution in [2.45, 2.75) is 26.8 Å². The lowest BCUT2D eigenvalue weighted by atomic mass is 10.1. The summed E-state index contributed by atoms with van der Waals surface area (Å²) in [5.41, 5.74) is 2.22. The molecule has 1 radical (unpaired) electrons. The van der Waals surface area contributed by atoms with Crippen LogP contribution in [0.25, 0.3) is 0 Å². The van der Waals surface area contributed by atoms with Crippen molar-refractivity contribution in [1.82, 2.24) is 5.32 Å². The van der Waals surface area contributed by atoms with Crippen molar-refractivity contribution in [2.24, 2.45) is 0 Å². The van der Waals surface area contributed by atoms with Crippen LogP contribution in [0.1, 0.15) is 18.1 Å². The minimum absolute atomic E-state index is 0.0264. The average molecular weight is 206 g/mol. The molecular weight excluding hydrogens is 190 g/mol. The zero-order valence-electron chi connectivity index (χ0n) is 9.33. The van der Waals surface area contributed by atoms with E-state index < -0.39 is 0 Å². The Kier molecular flexibility index (Phi) is 4.16. The number of para-hydroxylation sites is 1. The molecule has 1 aromatic carbocycles. The van der Waals surface area contributed by atoms with Crippen molar-refractivity contribution in [3.05, 3.63) is 29.3 Å². The SMILES string of the molecule is Cc1cccc(C)c1OCC(C)N[C]=O. The summed E-state index contributed by atoms with van der Waals surface area (Å²) in [5, 5.41) is 2.52.